The maximum atomic E-state index is 3.64. The summed E-state index contributed by atoms with van der Waals surface area (Å²) in [6, 6.07) is 0. The largest absolute Gasteiger partial charge is 3.00 e. The molecular weight excluding hydrogens is 642 g/mol. The molecule has 0 atom stereocenters. The van der Waals surface area contributed by atoms with Crippen LogP contribution in [0.15, 0.2) is 0 Å². The van der Waals surface area contributed by atoms with Crippen molar-refractivity contribution in [2.75, 3.05) is 0 Å². The average Bonchev–Trinajstić information content (AvgIpc) is 1.66. The van der Waals surface area contributed by atoms with Crippen molar-refractivity contribution in [1.29, 1.82) is 0 Å². The minimum atomic E-state index is 0. The standard InChI is InChI=1S/C5H10.C4H9.6Y/c1-3-5-4-2;1-4(2)3;;;;;;/h1-5H2;1-3H3;;;;;;/q-2;-1;;;;;;+3. The van der Waals surface area contributed by atoms with E-state index in [1.807, 2.05) is 0 Å². The quantitative estimate of drug-likeness (QED) is 0.399. The Kier molecular flexibility index (Phi) is 165. The van der Waals surface area contributed by atoms with E-state index < -0.39 is 0 Å². The third-order valence-electron chi connectivity index (χ3n) is 0.500. The van der Waals surface area contributed by atoms with Gasteiger partial charge in [0, 0.05) is 164 Å². The van der Waals surface area contributed by atoms with Crippen LogP contribution in [0, 0.1) is 19.8 Å². The molecule has 0 bridgehead atoms. The maximum absolute atomic E-state index is 3.64. The summed E-state index contributed by atoms with van der Waals surface area (Å²) in [5.41, 5.74) is 0. The molecule has 0 aliphatic rings. The van der Waals surface area contributed by atoms with E-state index in [0.29, 0.717) is 0 Å². The van der Waals surface area contributed by atoms with Gasteiger partial charge in [-0.25, -0.2) is 0 Å². The van der Waals surface area contributed by atoms with Crippen molar-refractivity contribution in [3.8, 4) is 0 Å². The molecule has 0 saturated heterocycles. The Morgan fingerprint density at radius 1 is 0.733 bits per heavy atom. The molecule has 0 amide bonds. The predicted molar refractivity (Wildman–Crippen MR) is 44.8 cm³/mol. The monoisotopic (exact) mass is 661 g/mol. The van der Waals surface area contributed by atoms with Crippen LogP contribution in [0.4, 0.5) is 0 Å². The van der Waals surface area contributed by atoms with Crippen LogP contribution < -0.4 is 0 Å². The number of hydrogen-bond acceptors (Lipinski definition) is 0. The van der Waals surface area contributed by atoms with Gasteiger partial charge in [-0.05, 0) is 0 Å². The van der Waals surface area contributed by atoms with E-state index in [0.717, 1.165) is 12.8 Å². The second-order valence-electron chi connectivity index (χ2n) is 2.56. The normalized spacial score (nSPS) is 5.20. The van der Waals surface area contributed by atoms with E-state index in [2.05, 4.69) is 34.6 Å². The summed E-state index contributed by atoms with van der Waals surface area (Å²) in [7, 11) is 0. The van der Waals surface area contributed by atoms with Crippen LogP contribution in [-0.2, 0) is 196 Å². The van der Waals surface area contributed by atoms with Gasteiger partial charge in [-0.3, -0.25) is 0 Å². The second-order valence-corrected chi connectivity index (χ2v) is 2.56. The Bertz CT molecular complexity index is 38.8. The van der Waals surface area contributed by atoms with Gasteiger partial charge in [0.15, 0.2) is 0 Å². The van der Waals surface area contributed by atoms with Crippen molar-refractivity contribution < 1.29 is 196 Å². The molecule has 0 aliphatic carbocycles. The maximum Gasteiger partial charge on any atom is 3.00 e. The van der Waals surface area contributed by atoms with E-state index >= 15 is 0 Å². The van der Waals surface area contributed by atoms with E-state index in [-0.39, 0.29) is 196 Å². The third kappa shape index (κ3) is 96.2. The summed E-state index contributed by atoms with van der Waals surface area (Å²) < 4.78 is 0. The minimum absolute atomic E-state index is 0. The number of unbranched alkanes of at least 4 members (excludes halogenated alkanes) is 2. The third-order valence-corrected chi connectivity index (χ3v) is 0.500. The molecule has 0 aliphatic heterocycles. The Morgan fingerprint density at radius 2 is 0.867 bits per heavy atom. The molecule has 0 aromatic heterocycles. The Balaban J connectivity index is -0.00000000785. The predicted octanol–water partition coefficient (Wildman–Crippen LogP) is 3.43. The van der Waals surface area contributed by atoms with Gasteiger partial charge in [0.1, 0.15) is 0 Å². The molecule has 0 nitrogen and oxygen atoms in total. The Morgan fingerprint density at radius 3 is 0.867 bits per heavy atom. The van der Waals surface area contributed by atoms with Gasteiger partial charge in [-0.15, -0.1) is 6.42 Å². The van der Waals surface area contributed by atoms with Gasteiger partial charge in [0.2, 0.25) is 0 Å². The summed E-state index contributed by atoms with van der Waals surface area (Å²) in [6.45, 7) is 13.5. The molecule has 73 valence electrons. The summed E-state index contributed by atoms with van der Waals surface area (Å²) in [5, 5.41) is 0. The van der Waals surface area contributed by atoms with Crippen LogP contribution in [0.2, 0.25) is 0 Å². The molecule has 0 aromatic carbocycles. The van der Waals surface area contributed by atoms with Crippen LogP contribution in [-0.4, -0.2) is 0 Å². The van der Waals surface area contributed by atoms with Crippen molar-refractivity contribution in [3.05, 3.63) is 19.8 Å². The molecule has 0 saturated carbocycles. The van der Waals surface area contributed by atoms with E-state index in [1.165, 1.54) is 12.3 Å². The first-order chi connectivity index (χ1) is 4.15. The minimum Gasteiger partial charge on any atom is -0.343 e. The van der Waals surface area contributed by atoms with Crippen LogP contribution in [0.1, 0.15) is 40.0 Å². The van der Waals surface area contributed by atoms with Crippen molar-refractivity contribution >= 4 is 0 Å². The summed E-state index contributed by atoms with van der Waals surface area (Å²) in [5.74, 6) is 1.42. The Labute approximate surface area is 249 Å². The van der Waals surface area contributed by atoms with Crippen LogP contribution >= 0.6 is 0 Å². The second kappa shape index (κ2) is 49.8. The molecule has 0 spiro atoms. The smallest absolute Gasteiger partial charge is 0.343 e. The number of rotatable bonds is 2. The molecule has 6 heteroatoms. The van der Waals surface area contributed by atoms with Gasteiger partial charge in [-0.1, -0.05) is 0 Å². The fourth-order valence-corrected chi connectivity index (χ4v) is 0.177. The first-order valence-electron chi connectivity index (χ1n) is 3.50. The van der Waals surface area contributed by atoms with Crippen molar-refractivity contribution in [3.63, 3.8) is 0 Å². The van der Waals surface area contributed by atoms with Crippen molar-refractivity contribution in [2.24, 2.45) is 0 Å². The fraction of sp³-hybridized carbons (Fsp3) is 0.667. The van der Waals surface area contributed by atoms with Gasteiger partial charge in [-0.2, -0.15) is 33.6 Å². The zero-order valence-corrected chi connectivity index (χ0v) is 27.5. The molecule has 0 unspecified atom stereocenters. The summed E-state index contributed by atoms with van der Waals surface area (Å²) in [6.07, 6.45) is 3.23. The summed E-state index contributed by atoms with van der Waals surface area (Å²) >= 11 is 0. The van der Waals surface area contributed by atoms with E-state index in [1.54, 1.807) is 0 Å². The number of hydrogen-bond donors (Lipinski definition) is 0. The van der Waals surface area contributed by atoms with Crippen LogP contribution in [0.25, 0.3) is 0 Å². The summed E-state index contributed by atoms with van der Waals surface area (Å²) in [4.78, 5) is 0. The average molecular weight is 661 g/mol. The first-order valence-corrected chi connectivity index (χ1v) is 3.50. The van der Waals surface area contributed by atoms with E-state index in [9.17, 15) is 0 Å². The fourth-order valence-electron chi connectivity index (χ4n) is 0.177. The van der Waals surface area contributed by atoms with Crippen molar-refractivity contribution in [2.45, 2.75) is 40.0 Å². The van der Waals surface area contributed by atoms with Gasteiger partial charge < -0.3 is 19.8 Å². The van der Waals surface area contributed by atoms with Gasteiger partial charge in [0.25, 0.3) is 0 Å². The molecule has 0 aromatic rings. The molecule has 0 N–H and O–H groups in total. The molecule has 0 heterocycles. The van der Waals surface area contributed by atoms with Crippen LogP contribution in [0.3, 0.4) is 0 Å². The van der Waals surface area contributed by atoms with E-state index in [4.69, 9.17) is 0 Å². The van der Waals surface area contributed by atoms with Crippen LogP contribution in [0.5, 0.6) is 0 Å². The van der Waals surface area contributed by atoms with Crippen molar-refractivity contribution in [1.82, 2.24) is 0 Å². The molecule has 0 fully saturated rings. The first kappa shape index (κ1) is 49.6. The van der Waals surface area contributed by atoms with Gasteiger partial charge >= 0.3 is 32.7 Å². The topological polar surface area (TPSA) is 0 Å². The molecule has 5 radical (unpaired) electrons. The Hall–Kier alpha value is 6.62. The van der Waals surface area contributed by atoms with Gasteiger partial charge in [0.05, 0.1) is 0 Å². The zero-order valence-electron chi connectivity index (χ0n) is 10.5. The molecular formula is C9H19Y6. The molecule has 15 heavy (non-hydrogen) atoms. The zero-order chi connectivity index (χ0) is 7.70. The molecule has 0 rings (SSSR count). The SMILES string of the molecule is C[C-](C)C.[CH2-]CCC[CH2-].[Y+3].[Y].[Y].[Y].[Y].[Y].